The number of aryl methyl sites for hydroxylation is 2. The van der Waals surface area contributed by atoms with Crippen molar-refractivity contribution in [1.82, 2.24) is 24.3 Å². The molecule has 1 amide bonds. The van der Waals surface area contributed by atoms with Gasteiger partial charge in [0.15, 0.2) is 0 Å². The third-order valence-corrected chi connectivity index (χ3v) is 8.50. The van der Waals surface area contributed by atoms with Gasteiger partial charge in [-0.05, 0) is 87.6 Å². The van der Waals surface area contributed by atoms with Crippen LogP contribution in [0.25, 0.3) is 22.3 Å². The molecule has 1 unspecified atom stereocenters. The van der Waals surface area contributed by atoms with Crippen LogP contribution in [0.3, 0.4) is 0 Å². The molecule has 10 nitrogen and oxygen atoms in total. The van der Waals surface area contributed by atoms with Crippen LogP contribution >= 0.6 is 0 Å². The molecule has 208 valence electrons. The summed E-state index contributed by atoms with van der Waals surface area (Å²) in [6.07, 6.45) is 7.48. The minimum Gasteiger partial charge on any atom is -0.477 e. The van der Waals surface area contributed by atoms with Crippen LogP contribution in [0.2, 0.25) is 0 Å². The number of ether oxygens (including phenoxy) is 1. The molecule has 3 aromatic heterocycles. The molecule has 7 rings (SSSR count). The van der Waals surface area contributed by atoms with E-state index in [0.717, 1.165) is 60.2 Å². The highest BCUT2D eigenvalue weighted by atomic mass is 16.5. The van der Waals surface area contributed by atoms with E-state index in [0.29, 0.717) is 41.5 Å². The maximum atomic E-state index is 13.7. The molecule has 4 aromatic rings. The number of carbonyl (C=O) groups excluding carboxylic acids is 1. The van der Waals surface area contributed by atoms with Gasteiger partial charge in [0.2, 0.25) is 11.8 Å². The topological polar surface area (TPSA) is 119 Å². The normalized spacial score (nSPS) is 23.2. The first-order valence-electron chi connectivity index (χ1n) is 14.3. The van der Waals surface area contributed by atoms with Gasteiger partial charge >= 0.3 is 0 Å². The largest absolute Gasteiger partial charge is 0.477 e. The van der Waals surface area contributed by atoms with Gasteiger partial charge in [-0.25, -0.2) is 9.67 Å². The molecule has 10 heteroatoms. The Hall–Kier alpha value is -3.92. The third-order valence-electron chi connectivity index (χ3n) is 8.50. The van der Waals surface area contributed by atoms with Gasteiger partial charge in [-0.1, -0.05) is 0 Å². The second-order valence-electron chi connectivity index (χ2n) is 11.6. The molecule has 40 heavy (non-hydrogen) atoms. The number of aliphatic hydroxyl groups is 1. The lowest BCUT2D eigenvalue weighted by Crippen LogP contribution is -2.38. The van der Waals surface area contributed by atoms with Crippen molar-refractivity contribution in [2.75, 3.05) is 17.2 Å². The van der Waals surface area contributed by atoms with Gasteiger partial charge in [0.05, 0.1) is 41.2 Å². The van der Waals surface area contributed by atoms with Crippen molar-refractivity contribution in [3.8, 4) is 17.1 Å². The van der Waals surface area contributed by atoms with Crippen molar-refractivity contribution < 1.29 is 14.6 Å². The maximum absolute atomic E-state index is 13.7. The Morgan fingerprint density at radius 1 is 1.10 bits per heavy atom. The zero-order chi connectivity index (χ0) is 27.4. The van der Waals surface area contributed by atoms with E-state index in [2.05, 4.69) is 32.4 Å². The Morgan fingerprint density at radius 2 is 1.95 bits per heavy atom. The quantitative estimate of drug-likeness (QED) is 0.349. The molecular weight excluding hydrogens is 506 g/mol. The van der Waals surface area contributed by atoms with Crippen LogP contribution in [0.15, 0.2) is 36.5 Å². The van der Waals surface area contributed by atoms with Crippen LogP contribution in [0, 0.1) is 18.8 Å². The number of amides is 1. The summed E-state index contributed by atoms with van der Waals surface area (Å²) in [5.74, 6) is 2.14. The van der Waals surface area contributed by atoms with E-state index in [1.807, 2.05) is 20.0 Å². The summed E-state index contributed by atoms with van der Waals surface area (Å²) in [7, 11) is 1.87. The van der Waals surface area contributed by atoms with Crippen LogP contribution in [-0.4, -0.2) is 54.1 Å². The number of carbonyl (C=O) groups is 1. The number of aliphatic hydroxyl groups excluding tert-OH is 1. The highest BCUT2D eigenvalue weighted by Gasteiger charge is 2.33. The van der Waals surface area contributed by atoms with Crippen LogP contribution in [0.1, 0.15) is 54.6 Å². The molecule has 0 radical (unpaired) electrons. The molecule has 2 bridgehead atoms. The summed E-state index contributed by atoms with van der Waals surface area (Å²) >= 11 is 0. The number of fused-ring (bicyclic) bond motifs is 7. The van der Waals surface area contributed by atoms with Crippen molar-refractivity contribution in [2.24, 2.45) is 18.9 Å². The first-order chi connectivity index (χ1) is 19.4. The lowest BCUT2D eigenvalue weighted by Gasteiger charge is -2.32. The highest BCUT2D eigenvalue weighted by molar-refractivity contribution is 6.05. The number of hydrogen-bond acceptors (Lipinski definition) is 7. The molecule has 1 atom stereocenters. The lowest BCUT2D eigenvalue weighted by atomic mass is 9.89. The fourth-order valence-electron chi connectivity index (χ4n) is 6.12. The van der Waals surface area contributed by atoms with Gasteiger partial charge in [-0.15, -0.1) is 0 Å². The predicted molar refractivity (Wildman–Crippen MR) is 152 cm³/mol. The summed E-state index contributed by atoms with van der Waals surface area (Å²) < 4.78 is 10.2. The summed E-state index contributed by atoms with van der Waals surface area (Å²) in [6.45, 7) is 3.26. The van der Waals surface area contributed by atoms with Gasteiger partial charge < -0.3 is 19.7 Å². The molecule has 4 heterocycles. The van der Waals surface area contributed by atoms with E-state index < -0.39 is 0 Å². The summed E-state index contributed by atoms with van der Waals surface area (Å²) in [5.41, 5.74) is 5.50. The van der Waals surface area contributed by atoms with Gasteiger partial charge in [0.25, 0.3) is 5.91 Å². The second-order valence-corrected chi connectivity index (χ2v) is 11.6. The first-order valence-corrected chi connectivity index (χ1v) is 14.3. The molecule has 0 saturated heterocycles. The zero-order valence-corrected chi connectivity index (χ0v) is 22.9. The first kappa shape index (κ1) is 25.1. The third kappa shape index (κ3) is 4.81. The maximum Gasteiger partial charge on any atom is 0.258 e. The molecule has 1 aliphatic heterocycles. The Balaban J connectivity index is 1.28. The Morgan fingerprint density at radius 3 is 2.75 bits per heavy atom. The minimum absolute atomic E-state index is 0.213. The molecule has 0 spiro atoms. The van der Waals surface area contributed by atoms with Crippen LogP contribution in [0.4, 0.5) is 11.6 Å². The van der Waals surface area contributed by atoms with Crippen molar-refractivity contribution in [3.63, 3.8) is 0 Å². The number of aromatic nitrogens is 5. The summed E-state index contributed by atoms with van der Waals surface area (Å²) in [4.78, 5) is 23.3. The van der Waals surface area contributed by atoms with Gasteiger partial charge in [0, 0.05) is 36.6 Å². The Bertz CT molecular complexity index is 1580. The standard InChI is InChI=1S/C30H35N7O3/c1-17-10-20-11-25(32-17)24-15-31-36(2)29(24)40-9-3-4-19(18-5-6-18)16-37-27-8-7-21(33-22-12-23(38)13-22)14-26(27)34-30(37)35-28(20)39/h7-8,10-11,14-15,18-19,22-23,33,38H,3-6,9,12-13,16H2,1-2H3,(H,34,35,39). The Kier molecular flexibility index (Phi) is 6.22. The average molecular weight is 542 g/mol. The van der Waals surface area contributed by atoms with E-state index in [-0.39, 0.29) is 18.1 Å². The van der Waals surface area contributed by atoms with Crippen molar-refractivity contribution >= 4 is 28.6 Å². The van der Waals surface area contributed by atoms with E-state index in [1.54, 1.807) is 23.0 Å². The molecule has 1 aromatic carbocycles. The number of nitrogens with one attached hydrogen (secondary N) is 2. The summed E-state index contributed by atoms with van der Waals surface area (Å²) in [6, 6.07) is 10.1. The molecule has 3 N–H and O–H groups in total. The number of rotatable bonds is 3. The van der Waals surface area contributed by atoms with Crippen LogP contribution < -0.4 is 15.4 Å². The molecule has 2 saturated carbocycles. The van der Waals surface area contributed by atoms with E-state index in [9.17, 15) is 9.90 Å². The molecule has 3 aliphatic rings. The van der Waals surface area contributed by atoms with E-state index >= 15 is 0 Å². The number of imidazole rings is 1. The zero-order valence-electron chi connectivity index (χ0n) is 22.9. The summed E-state index contributed by atoms with van der Waals surface area (Å²) in [5, 5.41) is 20.7. The second kappa shape index (κ2) is 9.92. The van der Waals surface area contributed by atoms with Crippen molar-refractivity contribution in [3.05, 3.63) is 47.8 Å². The lowest BCUT2D eigenvalue weighted by molar-refractivity contribution is 0.0836. The predicted octanol–water partition coefficient (Wildman–Crippen LogP) is 4.53. The van der Waals surface area contributed by atoms with Gasteiger partial charge in [-0.2, -0.15) is 5.10 Å². The number of benzene rings is 1. The number of pyridine rings is 1. The van der Waals surface area contributed by atoms with Crippen LogP contribution in [-0.2, 0) is 13.6 Å². The molecule has 2 aliphatic carbocycles. The van der Waals surface area contributed by atoms with Gasteiger partial charge in [-0.3, -0.25) is 15.1 Å². The SMILES string of the molecule is Cc1cc2cc(n1)-c1cnn(C)c1OCCCC(C1CC1)Cn1c(nc3cc(NC4CC(O)C4)ccc31)NC2=O. The number of anilines is 2. The van der Waals surface area contributed by atoms with Gasteiger partial charge in [0.1, 0.15) is 0 Å². The molecule has 2 fully saturated rings. The molecular formula is C30H35N7O3. The van der Waals surface area contributed by atoms with E-state index in [1.165, 1.54) is 12.8 Å². The highest BCUT2D eigenvalue weighted by Crippen LogP contribution is 2.41. The fraction of sp³-hybridized carbons (Fsp3) is 0.467. The smallest absolute Gasteiger partial charge is 0.258 e. The van der Waals surface area contributed by atoms with E-state index in [4.69, 9.17) is 14.7 Å². The Labute approximate surface area is 232 Å². The van der Waals surface area contributed by atoms with Crippen molar-refractivity contribution in [2.45, 2.75) is 64.1 Å². The van der Waals surface area contributed by atoms with Crippen molar-refractivity contribution in [1.29, 1.82) is 0 Å². The monoisotopic (exact) mass is 541 g/mol. The number of hydrogen-bond donors (Lipinski definition) is 3. The minimum atomic E-state index is -0.227. The fourth-order valence-corrected chi connectivity index (χ4v) is 6.12. The van der Waals surface area contributed by atoms with Crippen LogP contribution in [0.5, 0.6) is 5.88 Å². The average Bonchev–Trinajstić information content (AvgIpc) is 3.61. The number of nitrogens with zero attached hydrogens (tertiary/aromatic N) is 5.